The van der Waals surface area contributed by atoms with Gasteiger partial charge in [-0.15, -0.1) is 0 Å². The van der Waals surface area contributed by atoms with Crippen molar-refractivity contribution in [1.82, 2.24) is 4.31 Å². The van der Waals surface area contributed by atoms with Gasteiger partial charge in [0.1, 0.15) is 5.75 Å². The quantitative estimate of drug-likeness (QED) is 0.725. The van der Waals surface area contributed by atoms with E-state index in [2.05, 4.69) is 6.92 Å². The Labute approximate surface area is 143 Å². The number of carboxylic acid groups (broad SMARTS) is 1. The molecule has 1 N–H and O–H groups in total. The summed E-state index contributed by atoms with van der Waals surface area (Å²) in [6.07, 6.45) is 3.19. The molecule has 0 amide bonds. The molecule has 0 bridgehead atoms. The van der Waals surface area contributed by atoms with Crippen LogP contribution in [0.2, 0.25) is 0 Å². The van der Waals surface area contributed by atoms with Gasteiger partial charge in [-0.3, -0.25) is 4.79 Å². The maximum atomic E-state index is 12.7. The van der Waals surface area contributed by atoms with E-state index < -0.39 is 21.9 Å². The molecule has 0 spiro atoms. The third-order valence-electron chi connectivity index (χ3n) is 4.37. The highest BCUT2D eigenvalue weighted by Crippen LogP contribution is 2.29. The van der Waals surface area contributed by atoms with Crippen LogP contribution in [0.1, 0.15) is 33.1 Å². The van der Waals surface area contributed by atoms with Gasteiger partial charge in [-0.25, -0.2) is 8.42 Å². The van der Waals surface area contributed by atoms with E-state index in [0.29, 0.717) is 12.4 Å². The molecule has 1 aromatic rings. The summed E-state index contributed by atoms with van der Waals surface area (Å²) in [6.45, 7) is 4.75. The molecule has 1 aliphatic rings. The first-order valence-corrected chi connectivity index (χ1v) is 9.76. The Morgan fingerprint density at radius 1 is 1.25 bits per heavy atom. The van der Waals surface area contributed by atoms with Crippen molar-refractivity contribution in [3.05, 3.63) is 24.3 Å². The summed E-state index contributed by atoms with van der Waals surface area (Å²) in [5.41, 5.74) is 0. The number of rotatable bonds is 8. The van der Waals surface area contributed by atoms with E-state index in [1.165, 1.54) is 16.4 Å². The molecule has 1 fully saturated rings. The maximum absolute atomic E-state index is 12.7. The molecule has 1 aliphatic heterocycles. The first-order chi connectivity index (χ1) is 11.4. The minimum Gasteiger partial charge on any atom is -0.494 e. The number of nitrogens with zero attached hydrogens (tertiary/aromatic N) is 1. The summed E-state index contributed by atoms with van der Waals surface area (Å²) in [7, 11) is -3.67. The third kappa shape index (κ3) is 4.27. The standard InChI is InChI=1S/C17H25NO5S/c1-3-4-5-10-23-14-6-8-15(9-7-14)24(21,22)18-11-13(2)16(12-18)17(19)20/h6-9,13,16H,3-5,10-12H2,1-2H3,(H,19,20)/t13-,16-/m1/s1. The Morgan fingerprint density at radius 2 is 1.92 bits per heavy atom. The van der Waals surface area contributed by atoms with Crippen LogP contribution in [0.3, 0.4) is 0 Å². The normalized spacial score (nSPS) is 21.8. The fraction of sp³-hybridized carbons (Fsp3) is 0.588. The Balaban J connectivity index is 2.03. The SMILES string of the molecule is CCCCCOc1ccc(S(=O)(=O)N2C[C@@H](C)[C@H](C(=O)O)C2)cc1. The van der Waals surface area contributed by atoms with Gasteiger partial charge in [0, 0.05) is 13.1 Å². The summed E-state index contributed by atoms with van der Waals surface area (Å²) in [5.74, 6) is -1.15. The van der Waals surface area contributed by atoms with Crippen LogP contribution in [0.4, 0.5) is 0 Å². The van der Waals surface area contributed by atoms with E-state index >= 15 is 0 Å². The summed E-state index contributed by atoms with van der Waals surface area (Å²) in [4.78, 5) is 11.3. The van der Waals surface area contributed by atoms with Crippen LogP contribution < -0.4 is 4.74 Å². The molecular formula is C17H25NO5S. The van der Waals surface area contributed by atoms with Crippen molar-refractivity contribution >= 4 is 16.0 Å². The number of aliphatic carboxylic acids is 1. The Hall–Kier alpha value is -1.60. The van der Waals surface area contributed by atoms with Crippen LogP contribution in [0, 0.1) is 11.8 Å². The molecule has 7 heteroatoms. The molecule has 1 aromatic carbocycles. The van der Waals surface area contributed by atoms with E-state index in [1.807, 2.05) is 0 Å². The van der Waals surface area contributed by atoms with Crippen molar-refractivity contribution in [2.75, 3.05) is 19.7 Å². The minimum atomic E-state index is -3.67. The molecule has 1 heterocycles. The van der Waals surface area contributed by atoms with Gasteiger partial charge in [0.15, 0.2) is 0 Å². The van der Waals surface area contributed by atoms with Crippen LogP contribution in [0.25, 0.3) is 0 Å². The lowest BCUT2D eigenvalue weighted by Crippen LogP contribution is -2.30. The van der Waals surface area contributed by atoms with E-state index in [0.717, 1.165) is 19.3 Å². The predicted octanol–water partition coefficient (Wildman–Crippen LogP) is 2.60. The average molecular weight is 355 g/mol. The summed E-state index contributed by atoms with van der Waals surface area (Å²) in [5, 5.41) is 9.16. The first-order valence-electron chi connectivity index (χ1n) is 8.32. The van der Waals surface area contributed by atoms with E-state index in [-0.39, 0.29) is 23.9 Å². The van der Waals surface area contributed by atoms with E-state index in [4.69, 9.17) is 9.84 Å². The van der Waals surface area contributed by atoms with Crippen molar-refractivity contribution in [3.8, 4) is 5.75 Å². The lowest BCUT2D eigenvalue weighted by molar-refractivity contribution is -0.142. The number of hydrogen-bond acceptors (Lipinski definition) is 4. The van der Waals surface area contributed by atoms with Gasteiger partial charge >= 0.3 is 5.97 Å². The lowest BCUT2D eigenvalue weighted by atomic mass is 9.99. The molecule has 2 atom stereocenters. The second-order valence-electron chi connectivity index (χ2n) is 6.27. The first kappa shape index (κ1) is 18.7. The lowest BCUT2D eigenvalue weighted by Gasteiger charge is -2.16. The van der Waals surface area contributed by atoms with E-state index in [9.17, 15) is 13.2 Å². The molecule has 2 rings (SSSR count). The van der Waals surface area contributed by atoms with Crippen LogP contribution in [-0.4, -0.2) is 43.5 Å². The minimum absolute atomic E-state index is 0.0219. The van der Waals surface area contributed by atoms with Crippen LogP contribution in [0.15, 0.2) is 29.2 Å². The molecule has 1 saturated heterocycles. The molecular weight excluding hydrogens is 330 g/mol. The topological polar surface area (TPSA) is 83.9 Å². The van der Waals surface area contributed by atoms with Gasteiger partial charge < -0.3 is 9.84 Å². The zero-order valence-electron chi connectivity index (χ0n) is 14.1. The highest BCUT2D eigenvalue weighted by molar-refractivity contribution is 7.89. The van der Waals surface area contributed by atoms with Crippen molar-refractivity contribution in [2.24, 2.45) is 11.8 Å². The molecule has 0 unspecified atom stereocenters. The Morgan fingerprint density at radius 3 is 2.46 bits per heavy atom. The van der Waals surface area contributed by atoms with Crippen molar-refractivity contribution in [1.29, 1.82) is 0 Å². The van der Waals surface area contributed by atoms with Gasteiger partial charge in [0.2, 0.25) is 10.0 Å². The van der Waals surface area contributed by atoms with Gasteiger partial charge in [0.25, 0.3) is 0 Å². The zero-order valence-corrected chi connectivity index (χ0v) is 15.0. The monoisotopic (exact) mass is 355 g/mol. The van der Waals surface area contributed by atoms with Crippen LogP contribution in [0.5, 0.6) is 5.75 Å². The van der Waals surface area contributed by atoms with Crippen LogP contribution in [-0.2, 0) is 14.8 Å². The average Bonchev–Trinajstić information content (AvgIpc) is 2.95. The molecule has 24 heavy (non-hydrogen) atoms. The van der Waals surface area contributed by atoms with E-state index in [1.54, 1.807) is 19.1 Å². The fourth-order valence-corrected chi connectivity index (χ4v) is 4.41. The van der Waals surface area contributed by atoms with Gasteiger partial charge in [-0.2, -0.15) is 4.31 Å². The van der Waals surface area contributed by atoms with Crippen LogP contribution >= 0.6 is 0 Å². The fourth-order valence-electron chi connectivity index (χ4n) is 2.84. The number of unbranched alkanes of at least 4 members (excludes halogenated alkanes) is 2. The smallest absolute Gasteiger partial charge is 0.308 e. The largest absolute Gasteiger partial charge is 0.494 e. The van der Waals surface area contributed by atoms with Crippen molar-refractivity contribution in [2.45, 2.75) is 38.0 Å². The van der Waals surface area contributed by atoms with Crippen molar-refractivity contribution in [3.63, 3.8) is 0 Å². The summed E-state index contributed by atoms with van der Waals surface area (Å²) < 4.78 is 32.1. The second-order valence-corrected chi connectivity index (χ2v) is 8.21. The number of benzene rings is 1. The Kier molecular flexibility index (Phi) is 6.23. The molecule has 0 aromatic heterocycles. The highest BCUT2D eigenvalue weighted by Gasteiger charge is 2.40. The number of carbonyl (C=O) groups is 1. The molecule has 0 aliphatic carbocycles. The number of ether oxygens (including phenoxy) is 1. The molecule has 6 nitrogen and oxygen atoms in total. The predicted molar refractivity (Wildman–Crippen MR) is 90.5 cm³/mol. The van der Waals surface area contributed by atoms with Gasteiger partial charge in [0.05, 0.1) is 17.4 Å². The molecule has 0 saturated carbocycles. The maximum Gasteiger partial charge on any atom is 0.308 e. The summed E-state index contributed by atoms with van der Waals surface area (Å²) >= 11 is 0. The Bertz CT molecular complexity index is 656. The van der Waals surface area contributed by atoms with Crippen molar-refractivity contribution < 1.29 is 23.1 Å². The zero-order chi connectivity index (χ0) is 17.7. The van der Waals surface area contributed by atoms with Gasteiger partial charge in [-0.05, 0) is 36.6 Å². The number of carboxylic acids is 1. The van der Waals surface area contributed by atoms with Gasteiger partial charge in [-0.1, -0.05) is 26.7 Å². The molecule has 0 radical (unpaired) electrons. The second kappa shape index (κ2) is 7.98. The third-order valence-corrected chi connectivity index (χ3v) is 6.22. The highest BCUT2D eigenvalue weighted by atomic mass is 32.2. The number of sulfonamides is 1. The molecule has 134 valence electrons. The number of hydrogen-bond donors (Lipinski definition) is 1. The summed E-state index contributed by atoms with van der Waals surface area (Å²) in [6, 6.07) is 6.33.